The number of carbonyl (C=O) groups is 1. The molecule has 0 aromatic heterocycles. The highest BCUT2D eigenvalue weighted by Gasteiger charge is 2.63. The first kappa shape index (κ1) is 16.8. The first-order valence-corrected chi connectivity index (χ1v) is 5.10. The Balaban J connectivity index is 4.70. The Labute approximate surface area is 106 Å². The van der Waals surface area contributed by atoms with E-state index in [-0.39, 0.29) is 0 Å². The van der Waals surface area contributed by atoms with E-state index in [0.29, 0.717) is 29.7 Å². The van der Waals surface area contributed by atoms with Crippen molar-refractivity contribution in [3.8, 4) is 0 Å². The van der Waals surface area contributed by atoms with Gasteiger partial charge in [0.2, 0.25) is 0 Å². The molecule has 1 atom stereocenters. The van der Waals surface area contributed by atoms with Crippen LogP contribution in [-0.4, -0.2) is 40.7 Å². The summed E-state index contributed by atoms with van der Waals surface area (Å²) in [6, 6.07) is 0. The summed E-state index contributed by atoms with van der Waals surface area (Å²) >= 11 is 0.683. The highest BCUT2D eigenvalue weighted by molar-refractivity contribution is 14.1. The van der Waals surface area contributed by atoms with Crippen LogP contribution in [0.2, 0.25) is 0 Å². The monoisotopic (exact) mass is 378 g/mol. The van der Waals surface area contributed by atoms with E-state index in [1.807, 2.05) is 0 Å². The van der Waals surface area contributed by atoms with Gasteiger partial charge in [-0.15, -0.1) is 0 Å². The molecular formula is C7H8F5IO4. The van der Waals surface area contributed by atoms with E-state index in [2.05, 4.69) is 9.47 Å². The second-order valence-corrected chi connectivity index (χ2v) is 4.43. The molecule has 0 fully saturated rings. The van der Waals surface area contributed by atoms with Gasteiger partial charge in [0.05, 0.1) is 13.7 Å². The van der Waals surface area contributed by atoms with Crippen LogP contribution in [0, 0.1) is 0 Å². The Morgan fingerprint density at radius 2 is 1.76 bits per heavy atom. The van der Waals surface area contributed by atoms with Gasteiger partial charge in [-0.3, -0.25) is 0 Å². The maximum absolute atomic E-state index is 12.3. The molecule has 0 spiro atoms. The van der Waals surface area contributed by atoms with Crippen molar-refractivity contribution in [3.05, 3.63) is 0 Å². The van der Waals surface area contributed by atoms with Crippen LogP contribution in [0.25, 0.3) is 0 Å². The number of aliphatic hydroxyl groups is 1. The van der Waals surface area contributed by atoms with Crippen molar-refractivity contribution in [2.45, 2.75) is 22.3 Å². The number of rotatable bonds is 5. The molecule has 0 aromatic carbocycles. The topological polar surface area (TPSA) is 55.8 Å². The van der Waals surface area contributed by atoms with Crippen LogP contribution in [-0.2, 0) is 14.3 Å². The fourth-order valence-electron chi connectivity index (χ4n) is 0.709. The van der Waals surface area contributed by atoms with Crippen molar-refractivity contribution >= 4 is 28.6 Å². The zero-order chi connectivity index (χ0) is 13.9. The summed E-state index contributed by atoms with van der Waals surface area (Å²) < 4.78 is 65.7. The normalized spacial score (nSPS) is 16.5. The van der Waals surface area contributed by atoms with Crippen LogP contribution in [0.5, 0.6) is 0 Å². The first-order chi connectivity index (χ1) is 7.44. The van der Waals surface area contributed by atoms with Crippen LogP contribution >= 0.6 is 22.6 Å². The molecule has 0 saturated heterocycles. The maximum atomic E-state index is 12.3. The number of esters is 1. The van der Waals surface area contributed by atoms with Gasteiger partial charge in [-0.1, -0.05) is 0 Å². The summed E-state index contributed by atoms with van der Waals surface area (Å²) in [7, 11) is 0.593. The molecule has 4 nitrogen and oxygen atoms in total. The summed E-state index contributed by atoms with van der Waals surface area (Å²) in [4.78, 5) is 10.7. The lowest BCUT2D eigenvalue weighted by atomic mass is 10.2. The number of halogens is 6. The van der Waals surface area contributed by atoms with E-state index in [9.17, 15) is 26.7 Å². The zero-order valence-corrected chi connectivity index (χ0v) is 10.5. The molecule has 0 bridgehead atoms. The summed E-state index contributed by atoms with van der Waals surface area (Å²) in [6.45, 7) is -1.17. The molecule has 0 amide bonds. The predicted molar refractivity (Wildman–Crippen MR) is 52.6 cm³/mol. The number of hydrogen-bond donors (Lipinski definition) is 1. The molecule has 0 aliphatic heterocycles. The lowest BCUT2D eigenvalue weighted by Crippen LogP contribution is -2.55. The molecule has 0 saturated carbocycles. The van der Waals surface area contributed by atoms with Gasteiger partial charge in [-0.05, 0) is 22.6 Å². The fraction of sp³-hybridized carbons (Fsp3) is 0.857. The highest BCUT2D eigenvalue weighted by atomic mass is 127. The van der Waals surface area contributed by atoms with Gasteiger partial charge in [0.15, 0.2) is 0 Å². The summed E-state index contributed by atoms with van der Waals surface area (Å²) in [5.41, 5.74) is 0. The van der Waals surface area contributed by atoms with Crippen LogP contribution in [0.4, 0.5) is 22.0 Å². The molecule has 17 heavy (non-hydrogen) atoms. The molecule has 0 aliphatic carbocycles. The molecule has 0 aromatic rings. The lowest BCUT2D eigenvalue weighted by molar-refractivity contribution is -0.353. The van der Waals surface area contributed by atoms with Gasteiger partial charge in [0, 0.05) is 6.42 Å². The molecule has 1 unspecified atom stereocenters. The van der Waals surface area contributed by atoms with Crippen molar-refractivity contribution in [1.82, 2.24) is 0 Å². The van der Waals surface area contributed by atoms with E-state index in [0.717, 1.165) is 0 Å². The Bertz CT molecular complexity index is 276. The smallest absolute Gasteiger partial charge is 0.455 e. The molecule has 0 heterocycles. The Hall–Kier alpha value is -0.230. The molecule has 0 radical (unpaired) electrons. The lowest BCUT2D eigenvalue weighted by Gasteiger charge is -2.27. The number of methoxy groups -OCH3 is 1. The second-order valence-electron chi connectivity index (χ2n) is 2.85. The van der Waals surface area contributed by atoms with Crippen molar-refractivity contribution in [2.75, 3.05) is 13.7 Å². The van der Waals surface area contributed by atoms with Gasteiger partial charge in [0.25, 0.3) is 3.93 Å². The molecular weight excluding hydrogens is 370 g/mol. The quantitative estimate of drug-likeness (QED) is 0.261. The third-order valence-electron chi connectivity index (χ3n) is 1.54. The van der Waals surface area contributed by atoms with E-state index in [1.54, 1.807) is 0 Å². The third-order valence-corrected chi connectivity index (χ3v) is 2.08. The molecule has 0 rings (SSSR count). The third kappa shape index (κ3) is 4.87. The van der Waals surface area contributed by atoms with Gasteiger partial charge in [-0.25, -0.2) is 4.79 Å². The van der Waals surface area contributed by atoms with Crippen molar-refractivity contribution in [2.24, 2.45) is 0 Å². The predicted octanol–water partition coefficient (Wildman–Crippen LogP) is 1.84. The zero-order valence-electron chi connectivity index (χ0n) is 8.35. The fourth-order valence-corrected chi connectivity index (χ4v) is 0.929. The average Bonchev–Trinajstić information content (AvgIpc) is 2.12. The minimum Gasteiger partial charge on any atom is -0.465 e. The van der Waals surface area contributed by atoms with Gasteiger partial charge >= 0.3 is 17.9 Å². The van der Waals surface area contributed by atoms with E-state index >= 15 is 0 Å². The number of ether oxygens (including phenoxy) is 2. The molecule has 102 valence electrons. The molecule has 10 heteroatoms. The van der Waals surface area contributed by atoms with Crippen LogP contribution in [0.1, 0.15) is 6.42 Å². The van der Waals surface area contributed by atoms with Gasteiger partial charge < -0.3 is 14.6 Å². The average molecular weight is 378 g/mol. The van der Waals surface area contributed by atoms with Crippen LogP contribution in [0.3, 0.4) is 0 Å². The molecule has 0 aliphatic rings. The number of hydrogen-bond acceptors (Lipinski definition) is 4. The standard InChI is InChI=1S/C7H8F5IO4/c1-16-4(14)6(15,7(10,11)12)17-3-2-5(8,9)13/h15H,2-3H2,1H3. The van der Waals surface area contributed by atoms with E-state index in [4.69, 9.17) is 5.11 Å². The molecule has 1 N–H and O–H groups in total. The highest BCUT2D eigenvalue weighted by Crippen LogP contribution is 2.34. The summed E-state index contributed by atoms with van der Waals surface area (Å²) in [6.07, 6.45) is -6.58. The summed E-state index contributed by atoms with van der Waals surface area (Å²) in [5, 5.41) is 8.94. The number of carbonyl (C=O) groups excluding carboxylic acids is 1. The Morgan fingerprint density at radius 1 is 1.29 bits per heavy atom. The van der Waals surface area contributed by atoms with Crippen LogP contribution < -0.4 is 0 Å². The second kappa shape index (κ2) is 5.61. The van der Waals surface area contributed by atoms with Crippen LogP contribution in [0.15, 0.2) is 0 Å². The van der Waals surface area contributed by atoms with Crippen molar-refractivity contribution in [1.29, 1.82) is 0 Å². The Morgan fingerprint density at radius 3 is 2.06 bits per heavy atom. The van der Waals surface area contributed by atoms with E-state index < -0.39 is 34.9 Å². The number of alkyl halides is 6. The summed E-state index contributed by atoms with van der Waals surface area (Å²) in [5.74, 6) is -6.36. The van der Waals surface area contributed by atoms with Crippen molar-refractivity contribution < 1.29 is 41.3 Å². The van der Waals surface area contributed by atoms with Gasteiger partial charge in [-0.2, -0.15) is 22.0 Å². The minimum atomic E-state index is -5.49. The minimum absolute atomic E-state index is 0.593. The SMILES string of the molecule is COC(=O)C(O)(OCCC(F)(F)I)C(F)(F)F. The van der Waals surface area contributed by atoms with Gasteiger partial charge in [0.1, 0.15) is 0 Å². The first-order valence-electron chi connectivity index (χ1n) is 4.02. The maximum Gasteiger partial charge on any atom is 0.455 e. The van der Waals surface area contributed by atoms with Crippen molar-refractivity contribution in [3.63, 3.8) is 0 Å². The largest absolute Gasteiger partial charge is 0.465 e. The Kier molecular flexibility index (Phi) is 5.53. The van der Waals surface area contributed by atoms with E-state index in [1.165, 1.54) is 0 Å².